The average Bonchev–Trinajstić information content (AvgIpc) is 3.51. The van der Waals surface area contributed by atoms with E-state index in [1.54, 1.807) is 0 Å². The monoisotopic (exact) mass is 757 g/mol. The summed E-state index contributed by atoms with van der Waals surface area (Å²) in [7, 11) is -2.00. The number of phenols is 4. The number of amides is 6. The topological polar surface area (TPSA) is 250 Å². The van der Waals surface area contributed by atoms with Crippen LogP contribution in [-0.2, 0) is 11.2 Å². The van der Waals surface area contributed by atoms with E-state index in [2.05, 4.69) is 10.6 Å². The molecule has 3 aromatic carbocycles. The molecule has 2 fully saturated rings. The summed E-state index contributed by atoms with van der Waals surface area (Å²) in [4.78, 5) is 68.7. The fourth-order valence-corrected chi connectivity index (χ4v) is 6.71. The lowest BCUT2D eigenvalue weighted by molar-refractivity contribution is -0.123. The number of halogens is 3. The molecule has 8 N–H and O–H groups in total. The standard InChI is InChI=1S/C33H31BF3N5O12/c35-20-2-1-14-11-22(34(53)54-28(14)23(20)31(49)50)38-29(47)25(19-13-21(36)26(45)27(46)24(19)37)39-32(51)42-8-7-41(33(42)52)16-3-5-40(6-4-16)30(48)15-9-17(43)12-18(44)10-15/h1-2,9-10,12-13,16,22,25,43-46,53H,3-8,11H2,(H,38,47)(H,39,51)(H,49,50)/t22-,25?/m0/s1. The highest BCUT2D eigenvalue weighted by Crippen LogP contribution is 2.37. The minimum atomic E-state index is -2.22. The number of rotatable bonds is 7. The van der Waals surface area contributed by atoms with Crippen LogP contribution < -0.4 is 15.3 Å². The molecule has 0 aromatic heterocycles. The van der Waals surface area contributed by atoms with Crippen molar-refractivity contribution in [2.24, 2.45) is 0 Å². The van der Waals surface area contributed by atoms with Crippen molar-refractivity contribution in [1.82, 2.24) is 25.3 Å². The fraction of sp³-hybridized carbons (Fsp3) is 0.303. The Morgan fingerprint density at radius 3 is 2.20 bits per heavy atom. The van der Waals surface area contributed by atoms with Gasteiger partial charge in [-0.15, -0.1) is 0 Å². The molecule has 3 aromatic rings. The molecule has 6 amide bonds. The second kappa shape index (κ2) is 14.6. The number of nitrogens with zero attached hydrogens (tertiary/aromatic N) is 3. The number of nitrogens with one attached hydrogen (secondary N) is 2. The van der Waals surface area contributed by atoms with Crippen LogP contribution in [0.5, 0.6) is 28.7 Å². The third-order valence-electron chi connectivity index (χ3n) is 9.42. The van der Waals surface area contributed by atoms with E-state index in [1.165, 1.54) is 21.9 Å². The van der Waals surface area contributed by atoms with E-state index in [0.29, 0.717) is 11.0 Å². The lowest BCUT2D eigenvalue weighted by Gasteiger charge is -2.36. The summed E-state index contributed by atoms with van der Waals surface area (Å²) in [5, 5.41) is 63.6. The number of aromatic hydroxyl groups is 4. The molecule has 21 heteroatoms. The van der Waals surface area contributed by atoms with E-state index in [4.69, 9.17) is 4.65 Å². The van der Waals surface area contributed by atoms with E-state index >= 15 is 4.39 Å². The molecule has 3 aliphatic heterocycles. The Morgan fingerprint density at radius 2 is 1.56 bits per heavy atom. The minimum absolute atomic E-state index is 0.0229. The molecule has 0 spiro atoms. The zero-order chi connectivity index (χ0) is 39.2. The number of likely N-dealkylation sites (tertiary alicyclic amines) is 1. The molecule has 2 atom stereocenters. The largest absolute Gasteiger partial charge is 0.547 e. The number of hydrogen-bond donors (Lipinski definition) is 8. The molecule has 0 bridgehead atoms. The molecular formula is C33H31BF3N5O12. The summed E-state index contributed by atoms with van der Waals surface area (Å²) in [6.45, 7) is 0.171. The Bertz CT molecular complexity index is 2050. The zero-order valence-corrected chi connectivity index (χ0v) is 27.8. The van der Waals surface area contributed by atoms with Crippen molar-refractivity contribution in [3.05, 3.63) is 76.1 Å². The summed E-state index contributed by atoms with van der Waals surface area (Å²) in [5.74, 6) is -13.6. The number of hydrogen-bond acceptors (Lipinski definition) is 11. The number of phenolic OH excluding ortho intramolecular Hbond substituents is 4. The molecule has 54 heavy (non-hydrogen) atoms. The van der Waals surface area contributed by atoms with E-state index < -0.39 is 101 Å². The van der Waals surface area contributed by atoms with Gasteiger partial charge in [0.05, 0.1) is 5.94 Å². The minimum Gasteiger partial charge on any atom is -0.534 e. The summed E-state index contributed by atoms with van der Waals surface area (Å²) >= 11 is 0. The van der Waals surface area contributed by atoms with Crippen LogP contribution in [0.2, 0.25) is 0 Å². The van der Waals surface area contributed by atoms with Crippen LogP contribution >= 0.6 is 0 Å². The number of imide groups is 1. The normalized spacial score (nSPS) is 17.9. The van der Waals surface area contributed by atoms with Gasteiger partial charge in [-0.3, -0.25) is 9.59 Å². The second-order valence-electron chi connectivity index (χ2n) is 12.8. The molecule has 6 rings (SSSR count). The van der Waals surface area contributed by atoms with Crippen LogP contribution in [0, 0.1) is 17.5 Å². The Morgan fingerprint density at radius 1 is 0.889 bits per heavy atom. The molecule has 0 saturated carbocycles. The van der Waals surface area contributed by atoms with Crippen LogP contribution in [0.25, 0.3) is 0 Å². The van der Waals surface area contributed by atoms with Gasteiger partial charge in [-0.25, -0.2) is 32.5 Å². The predicted molar refractivity (Wildman–Crippen MR) is 176 cm³/mol. The number of carbonyl (C=O) groups is 5. The average molecular weight is 757 g/mol. The number of piperidine rings is 1. The lowest BCUT2D eigenvalue weighted by atomic mass is 9.72. The van der Waals surface area contributed by atoms with Gasteiger partial charge in [0.1, 0.15) is 34.7 Å². The highest BCUT2D eigenvalue weighted by Gasteiger charge is 2.43. The second-order valence-corrected chi connectivity index (χ2v) is 12.8. The van der Waals surface area contributed by atoms with Gasteiger partial charge in [-0.05, 0) is 49.1 Å². The molecular weight excluding hydrogens is 726 g/mol. The van der Waals surface area contributed by atoms with Crippen LogP contribution in [0.3, 0.4) is 0 Å². The van der Waals surface area contributed by atoms with Crippen molar-refractivity contribution in [2.45, 2.75) is 37.3 Å². The first kappa shape index (κ1) is 37.4. The highest BCUT2D eigenvalue weighted by atomic mass is 19.1. The zero-order valence-electron chi connectivity index (χ0n) is 27.8. The van der Waals surface area contributed by atoms with Crippen LogP contribution in [0.1, 0.15) is 50.7 Å². The van der Waals surface area contributed by atoms with Gasteiger partial charge in [0.2, 0.25) is 5.91 Å². The first-order valence-corrected chi connectivity index (χ1v) is 16.4. The first-order chi connectivity index (χ1) is 25.5. The molecule has 0 radical (unpaired) electrons. The first-order valence-electron chi connectivity index (χ1n) is 16.4. The molecule has 3 heterocycles. The van der Waals surface area contributed by atoms with Gasteiger partial charge in [0.15, 0.2) is 23.1 Å². The summed E-state index contributed by atoms with van der Waals surface area (Å²) < 4.78 is 49.3. The lowest BCUT2D eigenvalue weighted by Crippen LogP contribution is -2.56. The van der Waals surface area contributed by atoms with Gasteiger partial charge in [-0.2, -0.15) is 0 Å². The number of carboxylic acid groups (broad SMARTS) is 1. The maximum atomic E-state index is 15.3. The molecule has 17 nitrogen and oxygen atoms in total. The van der Waals surface area contributed by atoms with Crippen molar-refractivity contribution < 1.29 is 72.4 Å². The third kappa shape index (κ3) is 7.04. The Balaban J connectivity index is 1.17. The Kier molecular flexibility index (Phi) is 10.1. The smallest absolute Gasteiger partial charge is 0.534 e. The van der Waals surface area contributed by atoms with Crippen molar-refractivity contribution in [3.8, 4) is 28.7 Å². The van der Waals surface area contributed by atoms with Gasteiger partial charge < -0.3 is 55.6 Å². The number of aromatic carboxylic acids is 1. The maximum Gasteiger partial charge on any atom is 0.547 e. The Labute approximate surface area is 302 Å². The molecule has 284 valence electrons. The summed E-state index contributed by atoms with van der Waals surface area (Å²) in [6, 6.07) is 1.03. The number of benzene rings is 3. The van der Waals surface area contributed by atoms with Crippen LogP contribution in [-0.4, -0.2) is 120 Å². The van der Waals surface area contributed by atoms with E-state index in [1.807, 2.05) is 0 Å². The quantitative estimate of drug-likeness (QED) is 0.126. The van der Waals surface area contributed by atoms with E-state index in [9.17, 15) is 63.3 Å². The van der Waals surface area contributed by atoms with Gasteiger partial charge >= 0.3 is 25.1 Å². The van der Waals surface area contributed by atoms with E-state index in [-0.39, 0.29) is 68.1 Å². The summed E-state index contributed by atoms with van der Waals surface area (Å²) in [6.07, 6.45) is 0.215. The van der Waals surface area contributed by atoms with Crippen molar-refractivity contribution in [2.75, 3.05) is 26.2 Å². The van der Waals surface area contributed by atoms with Crippen LogP contribution in [0.15, 0.2) is 36.4 Å². The fourth-order valence-electron chi connectivity index (χ4n) is 6.71. The number of carboxylic acids is 1. The van der Waals surface area contributed by atoms with Crippen molar-refractivity contribution >= 4 is 37.0 Å². The third-order valence-corrected chi connectivity index (χ3v) is 9.42. The maximum absolute atomic E-state index is 15.3. The molecule has 0 aliphatic carbocycles. The summed E-state index contributed by atoms with van der Waals surface area (Å²) in [5.41, 5.74) is -1.77. The molecule has 1 unspecified atom stereocenters. The van der Waals surface area contributed by atoms with Gasteiger partial charge in [0.25, 0.3) is 5.91 Å². The molecule has 2 saturated heterocycles. The highest BCUT2D eigenvalue weighted by molar-refractivity contribution is 6.47. The van der Waals surface area contributed by atoms with Gasteiger partial charge in [-0.1, -0.05) is 6.07 Å². The van der Waals surface area contributed by atoms with Crippen molar-refractivity contribution in [1.29, 1.82) is 0 Å². The van der Waals surface area contributed by atoms with Gasteiger partial charge in [0, 0.05) is 49.4 Å². The number of urea groups is 2. The SMILES string of the molecule is O=C(O)c1c(F)ccc2c1OB(O)[C@@H](NC(=O)C(NC(=O)N1CCN(C3CCN(C(=O)c4cc(O)cc(O)c4)CC3)C1=O)c1cc(F)c(O)c(O)c1F)C2. The van der Waals surface area contributed by atoms with Crippen LogP contribution in [0.4, 0.5) is 22.8 Å². The predicted octanol–water partition coefficient (Wildman–Crippen LogP) is 1.56. The Hall–Kier alpha value is -6.38. The molecule has 3 aliphatic rings. The number of fused-ring (bicyclic) bond motifs is 1. The van der Waals surface area contributed by atoms with E-state index in [0.717, 1.165) is 18.2 Å². The number of carbonyl (C=O) groups excluding carboxylic acids is 4. The van der Waals surface area contributed by atoms with Crippen molar-refractivity contribution in [3.63, 3.8) is 0 Å².